The second-order valence-corrected chi connectivity index (χ2v) is 3.78. The average molecular weight is 272 g/mol. The van der Waals surface area contributed by atoms with Crippen molar-refractivity contribution >= 4 is 12.6 Å². The van der Waals surface area contributed by atoms with E-state index in [9.17, 15) is 9.59 Å². The molecule has 0 aliphatic heterocycles. The molecule has 0 N–H and O–H groups in total. The number of carbonyl (C=O) groups is 2. The summed E-state index contributed by atoms with van der Waals surface area (Å²) in [5, 5.41) is 0. The molecule has 0 amide bonds. The van der Waals surface area contributed by atoms with Gasteiger partial charge in [-0.25, -0.2) is 0 Å². The molecule has 4 heteroatoms. The van der Waals surface area contributed by atoms with Gasteiger partial charge >= 0.3 is 0 Å². The molecule has 0 saturated heterocycles. The molecule has 0 aromatic heterocycles. The maximum absolute atomic E-state index is 10.2. The summed E-state index contributed by atoms with van der Waals surface area (Å²) in [4.78, 5) is 20.3. The number of methoxy groups -OCH3 is 2. The van der Waals surface area contributed by atoms with Crippen LogP contribution in [0.1, 0.15) is 20.7 Å². The lowest BCUT2D eigenvalue weighted by molar-refractivity contribution is 0.111. The Morgan fingerprint density at radius 1 is 0.650 bits per heavy atom. The van der Waals surface area contributed by atoms with Crippen LogP contribution in [0.15, 0.2) is 48.5 Å². The van der Waals surface area contributed by atoms with Crippen LogP contribution in [0, 0.1) is 0 Å². The molecule has 0 spiro atoms. The first-order valence-electron chi connectivity index (χ1n) is 5.92. The van der Waals surface area contributed by atoms with Gasteiger partial charge in [-0.1, -0.05) is 0 Å². The van der Waals surface area contributed by atoms with E-state index in [-0.39, 0.29) is 0 Å². The van der Waals surface area contributed by atoms with Crippen LogP contribution < -0.4 is 9.47 Å². The van der Waals surface area contributed by atoms with Gasteiger partial charge in [-0.15, -0.1) is 0 Å². The Balaban J connectivity index is 0.000000200. The molecule has 0 saturated carbocycles. The molecule has 0 radical (unpaired) electrons. The van der Waals surface area contributed by atoms with E-state index in [1.165, 1.54) is 0 Å². The maximum Gasteiger partial charge on any atom is 0.150 e. The van der Waals surface area contributed by atoms with E-state index in [0.29, 0.717) is 11.1 Å². The van der Waals surface area contributed by atoms with Crippen molar-refractivity contribution in [3.63, 3.8) is 0 Å². The van der Waals surface area contributed by atoms with Crippen LogP contribution in [0.3, 0.4) is 0 Å². The lowest BCUT2D eigenvalue weighted by Crippen LogP contribution is -1.82. The number of ether oxygens (including phenoxy) is 2. The molecule has 0 aliphatic carbocycles. The third kappa shape index (κ3) is 4.94. The normalized spacial score (nSPS) is 8.90. The van der Waals surface area contributed by atoms with Crippen LogP contribution >= 0.6 is 0 Å². The second kappa shape index (κ2) is 8.48. The topological polar surface area (TPSA) is 52.6 Å². The largest absolute Gasteiger partial charge is 0.497 e. The van der Waals surface area contributed by atoms with Crippen LogP contribution in [0.5, 0.6) is 11.5 Å². The minimum absolute atomic E-state index is 0.667. The zero-order chi connectivity index (χ0) is 14.8. The van der Waals surface area contributed by atoms with Gasteiger partial charge in [0.1, 0.15) is 24.1 Å². The van der Waals surface area contributed by atoms with Gasteiger partial charge in [0.25, 0.3) is 0 Å². The Labute approximate surface area is 118 Å². The zero-order valence-corrected chi connectivity index (χ0v) is 11.4. The Morgan fingerprint density at radius 2 is 0.950 bits per heavy atom. The predicted molar refractivity (Wildman–Crippen MR) is 76.8 cm³/mol. The summed E-state index contributed by atoms with van der Waals surface area (Å²) in [6, 6.07) is 13.9. The highest BCUT2D eigenvalue weighted by molar-refractivity contribution is 5.75. The van der Waals surface area contributed by atoms with E-state index < -0.39 is 0 Å². The monoisotopic (exact) mass is 272 g/mol. The van der Waals surface area contributed by atoms with Crippen molar-refractivity contribution in [3.8, 4) is 11.5 Å². The molecule has 0 atom stereocenters. The van der Waals surface area contributed by atoms with Gasteiger partial charge in [0.05, 0.1) is 14.2 Å². The van der Waals surface area contributed by atoms with E-state index in [4.69, 9.17) is 9.47 Å². The Kier molecular flexibility index (Phi) is 6.54. The fourth-order valence-electron chi connectivity index (χ4n) is 1.36. The first kappa shape index (κ1) is 15.4. The lowest BCUT2D eigenvalue weighted by atomic mass is 10.2. The van der Waals surface area contributed by atoms with Gasteiger partial charge in [-0.05, 0) is 48.5 Å². The summed E-state index contributed by atoms with van der Waals surface area (Å²) in [5.41, 5.74) is 1.33. The molecule has 0 heterocycles. The van der Waals surface area contributed by atoms with Gasteiger partial charge < -0.3 is 9.47 Å². The van der Waals surface area contributed by atoms with Gasteiger partial charge in [-0.2, -0.15) is 0 Å². The van der Waals surface area contributed by atoms with E-state index in [1.807, 2.05) is 0 Å². The average Bonchev–Trinajstić information content (AvgIpc) is 2.55. The molecule has 20 heavy (non-hydrogen) atoms. The van der Waals surface area contributed by atoms with Gasteiger partial charge in [0.15, 0.2) is 0 Å². The summed E-state index contributed by atoms with van der Waals surface area (Å²) in [6.07, 6.45) is 1.61. The van der Waals surface area contributed by atoms with Crippen LogP contribution in [0.25, 0.3) is 0 Å². The number of rotatable bonds is 4. The molecule has 2 rings (SSSR count). The molecule has 0 aliphatic rings. The van der Waals surface area contributed by atoms with Crippen LogP contribution in [0.2, 0.25) is 0 Å². The molecule has 2 aromatic carbocycles. The molecular weight excluding hydrogens is 256 g/mol. The minimum atomic E-state index is 0.667. The van der Waals surface area contributed by atoms with Crippen LogP contribution in [0.4, 0.5) is 0 Å². The third-order valence-electron chi connectivity index (χ3n) is 2.50. The molecule has 0 bridgehead atoms. The Bertz CT molecular complexity index is 478. The highest BCUT2D eigenvalue weighted by Gasteiger charge is 1.90. The summed E-state index contributed by atoms with van der Waals surface area (Å²) in [6.45, 7) is 0. The van der Waals surface area contributed by atoms with Crippen molar-refractivity contribution in [3.05, 3.63) is 59.7 Å². The molecule has 4 nitrogen and oxygen atoms in total. The first-order chi connectivity index (χ1) is 9.73. The fourth-order valence-corrected chi connectivity index (χ4v) is 1.36. The summed E-state index contributed by atoms with van der Waals surface area (Å²) in [5.74, 6) is 1.54. The van der Waals surface area contributed by atoms with E-state index >= 15 is 0 Å². The van der Waals surface area contributed by atoms with E-state index in [2.05, 4.69) is 0 Å². The van der Waals surface area contributed by atoms with Crippen molar-refractivity contribution in [2.24, 2.45) is 0 Å². The van der Waals surface area contributed by atoms with E-state index in [0.717, 1.165) is 24.1 Å². The van der Waals surface area contributed by atoms with Crippen LogP contribution in [-0.4, -0.2) is 26.8 Å². The highest BCUT2D eigenvalue weighted by Crippen LogP contribution is 2.09. The number of carbonyl (C=O) groups excluding carboxylic acids is 2. The fraction of sp³-hybridized carbons (Fsp3) is 0.125. The summed E-state index contributed by atoms with van der Waals surface area (Å²) < 4.78 is 9.80. The number of benzene rings is 2. The SMILES string of the molecule is COc1ccc(C=O)cc1.COc1ccc(C=O)cc1. The van der Waals surface area contributed by atoms with Crippen molar-refractivity contribution in [2.45, 2.75) is 0 Å². The summed E-state index contributed by atoms with van der Waals surface area (Å²) >= 11 is 0. The Morgan fingerprint density at radius 3 is 1.15 bits per heavy atom. The Hall–Kier alpha value is -2.62. The zero-order valence-electron chi connectivity index (χ0n) is 11.4. The molecular formula is C16H16O4. The van der Waals surface area contributed by atoms with Gasteiger partial charge in [0, 0.05) is 11.1 Å². The number of hydrogen-bond donors (Lipinski definition) is 0. The molecule has 104 valence electrons. The van der Waals surface area contributed by atoms with Crippen molar-refractivity contribution < 1.29 is 19.1 Å². The van der Waals surface area contributed by atoms with Crippen molar-refractivity contribution in [1.82, 2.24) is 0 Å². The quantitative estimate of drug-likeness (QED) is 0.803. The lowest BCUT2D eigenvalue weighted by Gasteiger charge is -1.96. The molecule has 0 fully saturated rings. The van der Waals surface area contributed by atoms with Crippen molar-refractivity contribution in [2.75, 3.05) is 14.2 Å². The molecule has 2 aromatic rings. The smallest absolute Gasteiger partial charge is 0.150 e. The maximum atomic E-state index is 10.2. The number of aldehydes is 2. The minimum Gasteiger partial charge on any atom is -0.497 e. The number of hydrogen-bond acceptors (Lipinski definition) is 4. The second-order valence-electron chi connectivity index (χ2n) is 3.78. The van der Waals surface area contributed by atoms with Gasteiger partial charge in [0.2, 0.25) is 0 Å². The highest BCUT2D eigenvalue weighted by atomic mass is 16.5. The van der Waals surface area contributed by atoms with Crippen molar-refractivity contribution in [1.29, 1.82) is 0 Å². The third-order valence-corrected chi connectivity index (χ3v) is 2.50. The van der Waals surface area contributed by atoms with Crippen LogP contribution in [-0.2, 0) is 0 Å². The van der Waals surface area contributed by atoms with E-state index in [1.54, 1.807) is 62.8 Å². The molecule has 0 unspecified atom stereocenters. The standard InChI is InChI=1S/2C8H8O2/c2*1-10-8-4-2-7(6-9)3-5-8/h2*2-6H,1H3. The van der Waals surface area contributed by atoms with Gasteiger partial charge in [-0.3, -0.25) is 9.59 Å². The first-order valence-corrected chi connectivity index (χ1v) is 5.92. The predicted octanol–water partition coefficient (Wildman–Crippen LogP) is 3.02. The summed E-state index contributed by atoms with van der Waals surface area (Å²) in [7, 11) is 3.19.